The fourth-order valence-electron chi connectivity index (χ4n) is 3.22. The van der Waals surface area contributed by atoms with E-state index in [1.807, 2.05) is 37.3 Å². The number of benzene rings is 2. The van der Waals surface area contributed by atoms with Crippen molar-refractivity contribution in [1.82, 2.24) is 5.32 Å². The van der Waals surface area contributed by atoms with Crippen LogP contribution in [0.4, 0.5) is 0 Å². The Bertz CT molecular complexity index is 801. The van der Waals surface area contributed by atoms with Crippen molar-refractivity contribution < 1.29 is 14.3 Å². The number of rotatable bonds is 6. The number of carbonyl (C=O) groups is 2. The van der Waals surface area contributed by atoms with Gasteiger partial charge in [-0.2, -0.15) is 0 Å². The molecule has 0 fully saturated rings. The maximum absolute atomic E-state index is 12.0. The van der Waals surface area contributed by atoms with Crippen LogP contribution in [-0.2, 0) is 33.6 Å². The fraction of sp³-hybridized carbons (Fsp3) is 0.333. The van der Waals surface area contributed by atoms with Gasteiger partial charge in [-0.05, 0) is 60.6 Å². The molecule has 1 aliphatic carbocycles. The van der Waals surface area contributed by atoms with E-state index in [9.17, 15) is 9.59 Å². The average Bonchev–Trinajstić information content (AvgIpc) is 3.08. The van der Waals surface area contributed by atoms with Gasteiger partial charge in [0, 0.05) is 4.47 Å². The molecule has 136 valence electrons. The van der Waals surface area contributed by atoms with Crippen LogP contribution >= 0.6 is 15.9 Å². The number of halogens is 1. The number of nitrogens with one attached hydrogen (secondary N) is 1. The number of esters is 1. The Labute approximate surface area is 162 Å². The molecule has 1 N–H and O–H groups in total. The van der Waals surface area contributed by atoms with Crippen LogP contribution in [0.25, 0.3) is 0 Å². The molecule has 0 radical (unpaired) electrons. The number of ether oxygens (including phenoxy) is 1. The quantitative estimate of drug-likeness (QED) is 0.727. The summed E-state index contributed by atoms with van der Waals surface area (Å²) in [5.74, 6) is -0.683. The van der Waals surface area contributed by atoms with Crippen molar-refractivity contribution in [2.75, 3.05) is 6.61 Å². The zero-order valence-electron chi connectivity index (χ0n) is 14.8. The summed E-state index contributed by atoms with van der Waals surface area (Å²) in [5, 5.41) is 2.84. The molecule has 0 saturated heterocycles. The normalized spacial score (nSPS) is 13.8. The van der Waals surface area contributed by atoms with Crippen LogP contribution in [0, 0.1) is 0 Å². The summed E-state index contributed by atoms with van der Waals surface area (Å²) in [5.41, 5.74) is 4.64. The Hall–Kier alpha value is -2.14. The van der Waals surface area contributed by atoms with Gasteiger partial charge in [-0.1, -0.05) is 46.3 Å². The zero-order valence-corrected chi connectivity index (χ0v) is 16.3. The van der Waals surface area contributed by atoms with Crippen LogP contribution in [0.1, 0.15) is 41.6 Å². The lowest BCUT2D eigenvalue weighted by Gasteiger charge is -2.14. The summed E-state index contributed by atoms with van der Waals surface area (Å²) in [4.78, 5) is 24.0. The van der Waals surface area contributed by atoms with E-state index < -0.39 is 0 Å². The zero-order chi connectivity index (χ0) is 18.5. The lowest BCUT2D eigenvalue weighted by molar-refractivity contribution is -0.148. The maximum atomic E-state index is 12.0. The Kier molecular flexibility index (Phi) is 6.09. The van der Waals surface area contributed by atoms with Gasteiger partial charge in [0.15, 0.2) is 6.61 Å². The molecule has 1 atom stereocenters. The Balaban J connectivity index is 1.45. The molecule has 2 aromatic rings. The van der Waals surface area contributed by atoms with Crippen molar-refractivity contribution in [2.45, 2.75) is 38.6 Å². The lowest BCUT2D eigenvalue weighted by Crippen LogP contribution is -2.31. The van der Waals surface area contributed by atoms with Gasteiger partial charge in [0.1, 0.15) is 0 Å². The first-order valence-corrected chi connectivity index (χ1v) is 9.61. The van der Waals surface area contributed by atoms with E-state index in [0.717, 1.165) is 28.4 Å². The standard InChI is InChI=1S/C21H22BrNO3/c1-14(16-7-9-19(22)10-8-16)23-20(24)13-26-21(25)12-15-5-6-17-3-2-4-18(17)11-15/h5-11,14H,2-4,12-13H2,1H3,(H,23,24)/t14-/m1/s1. The molecule has 0 heterocycles. The lowest BCUT2D eigenvalue weighted by atomic mass is 10.0. The minimum atomic E-state index is -0.380. The molecule has 26 heavy (non-hydrogen) atoms. The van der Waals surface area contributed by atoms with Crippen LogP contribution in [0.2, 0.25) is 0 Å². The van der Waals surface area contributed by atoms with Gasteiger partial charge in [-0.15, -0.1) is 0 Å². The van der Waals surface area contributed by atoms with Gasteiger partial charge in [0.2, 0.25) is 0 Å². The topological polar surface area (TPSA) is 55.4 Å². The molecule has 0 saturated carbocycles. The number of carbonyl (C=O) groups excluding carboxylic acids is 2. The molecule has 2 aromatic carbocycles. The van der Waals surface area contributed by atoms with E-state index in [0.29, 0.717) is 0 Å². The van der Waals surface area contributed by atoms with Gasteiger partial charge in [0.25, 0.3) is 5.91 Å². The number of hydrogen-bond donors (Lipinski definition) is 1. The monoisotopic (exact) mass is 415 g/mol. The highest BCUT2D eigenvalue weighted by atomic mass is 79.9. The highest BCUT2D eigenvalue weighted by Crippen LogP contribution is 2.23. The van der Waals surface area contributed by atoms with Crippen LogP contribution in [0.15, 0.2) is 46.9 Å². The minimum absolute atomic E-state index is 0.147. The predicted molar refractivity (Wildman–Crippen MR) is 104 cm³/mol. The SMILES string of the molecule is C[C@@H](NC(=O)COC(=O)Cc1ccc2c(c1)CCC2)c1ccc(Br)cc1. The van der Waals surface area contributed by atoms with Gasteiger partial charge >= 0.3 is 5.97 Å². The largest absolute Gasteiger partial charge is 0.455 e. The molecule has 5 heteroatoms. The van der Waals surface area contributed by atoms with Crippen molar-refractivity contribution in [3.8, 4) is 0 Å². The van der Waals surface area contributed by atoms with Crippen molar-refractivity contribution in [3.63, 3.8) is 0 Å². The van der Waals surface area contributed by atoms with Crippen molar-refractivity contribution in [2.24, 2.45) is 0 Å². The van der Waals surface area contributed by atoms with Crippen LogP contribution in [-0.4, -0.2) is 18.5 Å². The van der Waals surface area contributed by atoms with Gasteiger partial charge in [-0.25, -0.2) is 0 Å². The summed E-state index contributed by atoms with van der Waals surface area (Å²) in [6, 6.07) is 13.7. The van der Waals surface area contributed by atoms with Crippen LogP contribution in [0.5, 0.6) is 0 Å². The molecular formula is C21H22BrNO3. The third-order valence-corrected chi connectivity index (χ3v) is 5.15. The molecule has 0 bridgehead atoms. The van der Waals surface area contributed by atoms with E-state index in [4.69, 9.17) is 4.74 Å². The summed E-state index contributed by atoms with van der Waals surface area (Å²) in [6.45, 7) is 1.64. The van der Waals surface area contributed by atoms with Gasteiger partial charge in [0.05, 0.1) is 12.5 Å². The second-order valence-corrected chi connectivity index (χ2v) is 7.55. The fourth-order valence-corrected chi connectivity index (χ4v) is 3.48. The Morgan fingerprint density at radius 3 is 2.62 bits per heavy atom. The smallest absolute Gasteiger partial charge is 0.310 e. The molecule has 0 aliphatic heterocycles. The van der Waals surface area contributed by atoms with Gasteiger partial charge < -0.3 is 10.1 Å². The molecule has 1 amide bonds. The maximum Gasteiger partial charge on any atom is 0.310 e. The van der Waals surface area contributed by atoms with Crippen molar-refractivity contribution >= 4 is 27.8 Å². The first-order valence-electron chi connectivity index (χ1n) is 8.82. The van der Waals surface area contributed by atoms with E-state index in [1.54, 1.807) is 0 Å². The first kappa shape index (κ1) is 18.6. The molecule has 0 spiro atoms. The highest BCUT2D eigenvalue weighted by Gasteiger charge is 2.14. The molecule has 3 rings (SSSR count). The van der Waals surface area contributed by atoms with Crippen LogP contribution < -0.4 is 5.32 Å². The first-order chi connectivity index (χ1) is 12.5. The van der Waals surface area contributed by atoms with Crippen LogP contribution in [0.3, 0.4) is 0 Å². The molecule has 0 aromatic heterocycles. The Morgan fingerprint density at radius 2 is 1.85 bits per heavy atom. The second-order valence-electron chi connectivity index (χ2n) is 6.63. The summed E-state index contributed by atoms with van der Waals surface area (Å²) in [6.07, 6.45) is 3.58. The summed E-state index contributed by atoms with van der Waals surface area (Å²) < 4.78 is 6.11. The van der Waals surface area contributed by atoms with E-state index in [-0.39, 0.29) is 30.9 Å². The van der Waals surface area contributed by atoms with Gasteiger partial charge in [-0.3, -0.25) is 9.59 Å². The third-order valence-electron chi connectivity index (χ3n) is 4.62. The van der Waals surface area contributed by atoms with Crippen molar-refractivity contribution in [3.05, 3.63) is 69.2 Å². The van der Waals surface area contributed by atoms with Crippen molar-refractivity contribution in [1.29, 1.82) is 0 Å². The third kappa shape index (κ3) is 4.94. The number of aryl methyl sites for hydroxylation is 2. The minimum Gasteiger partial charge on any atom is -0.455 e. The summed E-state index contributed by atoms with van der Waals surface area (Å²) in [7, 11) is 0. The predicted octanol–water partition coefficient (Wildman–Crippen LogP) is 3.90. The van der Waals surface area contributed by atoms with E-state index in [1.165, 1.54) is 17.5 Å². The second kappa shape index (κ2) is 8.49. The average molecular weight is 416 g/mol. The number of fused-ring (bicyclic) bond motifs is 1. The highest BCUT2D eigenvalue weighted by molar-refractivity contribution is 9.10. The summed E-state index contributed by atoms with van der Waals surface area (Å²) >= 11 is 3.38. The van der Waals surface area contributed by atoms with E-state index >= 15 is 0 Å². The number of amides is 1. The number of hydrogen-bond acceptors (Lipinski definition) is 3. The molecule has 4 nitrogen and oxygen atoms in total. The molecular weight excluding hydrogens is 394 g/mol. The molecule has 1 aliphatic rings. The van der Waals surface area contributed by atoms with E-state index in [2.05, 4.69) is 33.4 Å². The molecule has 0 unspecified atom stereocenters. The Morgan fingerprint density at radius 1 is 1.12 bits per heavy atom.